The molecule has 2 N–H and O–H groups in total. The highest BCUT2D eigenvalue weighted by atomic mass is 16.3. The van der Waals surface area contributed by atoms with Crippen molar-refractivity contribution in [2.24, 2.45) is 0 Å². The second-order valence-electron chi connectivity index (χ2n) is 7.21. The Hall–Kier alpha value is -3.25. The van der Waals surface area contributed by atoms with Gasteiger partial charge in [-0.1, -0.05) is 18.2 Å². The zero-order valence-corrected chi connectivity index (χ0v) is 16.4. The van der Waals surface area contributed by atoms with E-state index in [1.807, 2.05) is 31.2 Å². The molecule has 1 aliphatic rings. The van der Waals surface area contributed by atoms with Crippen LogP contribution in [0.1, 0.15) is 28.2 Å². The van der Waals surface area contributed by atoms with E-state index in [1.165, 1.54) is 0 Å². The summed E-state index contributed by atoms with van der Waals surface area (Å²) in [6, 6.07) is 14.3. The van der Waals surface area contributed by atoms with Crippen molar-refractivity contribution in [2.45, 2.75) is 13.3 Å². The van der Waals surface area contributed by atoms with Gasteiger partial charge in [0.25, 0.3) is 0 Å². The zero-order valence-electron chi connectivity index (χ0n) is 16.4. The number of benzene rings is 1. The Morgan fingerprint density at radius 1 is 1.07 bits per heavy atom. The molecule has 4 rings (SSSR count). The summed E-state index contributed by atoms with van der Waals surface area (Å²) in [4.78, 5) is 24.5. The first-order chi connectivity index (χ1) is 14.1. The van der Waals surface area contributed by atoms with E-state index in [-0.39, 0.29) is 11.5 Å². The third-order valence-electron chi connectivity index (χ3n) is 5.14. The molecule has 1 aromatic carbocycles. The number of aromatic nitrogens is 2. The van der Waals surface area contributed by atoms with Crippen LogP contribution in [0.3, 0.4) is 0 Å². The number of anilines is 1. The van der Waals surface area contributed by atoms with E-state index >= 15 is 0 Å². The fraction of sp³-hybridized carbons (Fsp3) is 0.261. The topological polar surface area (TPSA) is 78.4 Å². The first-order valence-electron chi connectivity index (χ1n) is 9.85. The molecule has 0 amide bonds. The number of aryl methyl sites for hydroxylation is 1. The standard InChI is InChI=1S/C23H24N4O2/c1-16-20(14-18(15-25-16)17-5-2-6-19(28)13-17)23(29)21-7-3-8-22(26-21)27-11-4-9-24-10-12-27/h2-3,5-8,13-15,24,28H,4,9-12H2,1H3. The lowest BCUT2D eigenvalue weighted by Gasteiger charge is -2.21. The van der Waals surface area contributed by atoms with Crippen molar-refractivity contribution < 1.29 is 9.90 Å². The Balaban J connectivity index is 1.66. The Labute approximate surface area is 170 Å². The molecule has 6 heteroatoms. The van der Waals surface area contributed by atoms with E-state index in [0.717, 1.165) is 49.5 Å². The molecule has 1 saturated heterocycles. The Morgan fingerprint density at radius 2 is 1.93 bits per heavy atom. The summed E-state index contributed by atoms with van der Waals surface area (Å²) in [6.45, 7) is 5.53. The van der Waals surface area contributed by atoms with Crippen LogP contribution in [0.15, 0.2) is 54.7 Å². The number of nitrogens with one attached hydrogen (secondary N) is 1. The summed E-state index contributed by atoms with van der Waals surface area (Å²) >= 11 is 0. The van der Waals surface area contributed by atoms with Crippen LogP contribution >= 0.6 is 0 Å². The number of aromatic hydroxyl groups is 1. The van der Waals surface area contributed by atoms with Crippen molar-refractivity contribution in [3.63, 3.8) is 0 Å². The van der Waals surface area contributed by atoms with Gasteiger partial charge >= 0.3 is 0 Å². The predicted molar refractivity (Wildman–Crippen MR) is 113 cm³/mol. The van der Waals surface area contributed by atoms with Crippen molar-refractivity contribution in [3.8, 4) is 16.9 Å². The second-order valence-corrected chi connectivity index (χ2v) is 7.21. The quantitative estimate of drug-likeness (QED) is 0.669. The molecule has 0 spiro atoms. The Bertz CT molecular complexity index is 1030. The van der Waals surface area contributed by atoms with Crippen LogP contribution in [0, 0.1) is 6.92 Å². The molecular weight excluding hydrogens is 364 g/mol. The molecule has 0 atom stereocenters. The SMILES string of the molecule is Cc1ncc(-c2cccc(O)c2)cc1C(=O)c1cccc(N2CCCNCC2)n1. The average molecular weight is 388 g/mol. The van der Waals surface area contributed by atoms with E-state index in [4.69, 9.17) is 0 Å². The van der Waals surface area contributed by atoms with Crippen LogP contribution in [0.5, 0.6) is 5.75 Å². The van der Waals surface area contributed by atoms with Gasteiger partial charge in [-0.05, 0) is 55.8 Å². The maximum Gasteiger partial charge on any atom is 0.213 e. The summed E-state index contributed by atoms with van der Waals surface area (Å²) in [5, 5.41) is 13.1. The van der Waals surface area contributed by atoms with Gasteiger partial charge < -0.3 is 15.3 Å². The van der Waals surface area contributed by atoms with Gasteiger partial charge in [0.1, 0.15) is 17.3 Å². The Morgan fingerprint density at radius 3 is 2.79 bits per heavy atom. The largest absolute Gasteiger partial charge is 0.508 e. The lowest BCUT2D eigenvalue weighted by molar-refractivity contribution is 0.103. The number of pyridine rings is 2. The fourth-order valence-electron chi connectivity index (χ4n) is 3.54. The average Bonchev–Trinajstić information content (AvgIpc) is 3.03. The van der Waals surface area contributed by atoms with Crippen LogP contribution in [-0.2, 0) is 0 Å². The number of phenolic OH excluding ortho intramolecular Hbond substituents is 1. The highest BCUT2D eigenvalue weighted by molar-refractivity contribution is 6.09. The molecule has 1 aliphatic heterocycles. The van der Waals surface area contributed by atoms with Crippen LogP contribution in [-0.4, -0.2) is 47.0 Å². The summed E-state index contributed by atoms with van der Waals surface area (Å²) < 4.78 is 0. The van der Waals surface area contributed by atoms with Crippen molar-refractivity contribution in [1.82, 2.24) is 15.3 Å². The molecule has 0 unspecified atom stereocenters. The van der Waals surface area contributed by atoms with E-state index in [9.17, 15) is 9.90 Å². The molecule has 3 aromatic rings. The minimum absolute atomic E-state index is 0.146. The van der Waals surface area contributed by atoms with Gasteiger partial charge in [-0.2, -0.15) is 0 Å². The van der Waals surface area contributed by atoms with Crippen LogP contribution < -0.4 is 10.2 Å². The molecule has 6 nitrogen and oxygen atoms in total. The van der Waals surface area contributed by atoms with Crippen molar-refractivity contribution >= 4 is 11.6 Å². The smallest absolute Gasteiger partial charge is 0.213 e. The van der Waals surface area contributed by atoms with E-state index in [0.29, 0.717) is 17.0 Å². The van der Waals surface area contributed by atoms with Gasteiger partial charge in [0.2, 0.25) is 5.78 Å². The number of carbonyl (C=O) groups excluding carboxylic acids is 1. The van der Waals surface area contributed by atoms with Crippen LogP contribution in [0.25, 0.3) is 11.1 Å². The van der Waals surface area contributed by atoms with Crippen molar-refractivity contribution in [3.05, 3.63) is 71.7 Å². The monoisotopic (exact) mass is 388 g/mol. The molecular formula is C23H24N4O2. The number of nitrogens with zero attached hydrogens (tertiary/aromatic N) is 3. The third-order valence-corrected chi connectivity index (χ3v) is 5.14. The Kier molecular flexibility index (Phi) is 5.53. The molecule has 29 heavy (non-hydrogen) atoms. The van der Waals surface area contributed by atoms with Gasteiger partial charge in [-0.3, -0.25) is 9.78 Å². The lowest BCUT2D eigenvalue weighted by Crippen LogP contribution is -2.29. The van der Waals surface area contributed by atoms with Crippen molar-refractivity contribution in [1.29, 1.82) is 0 Å². The maximum atomic E-state index is 13.2. The first-order valence-corrected chi connectivity index (χ1v) is 9.85. The number of hydrogen-bond donors (Lipinski definition) is 2. The summed E-state index contributed by atoms with van der Waals surface area (Å²) in [5.74, 6) is 0.860. The predicted octanol–water partition coefficient (Wildman–Crippen LogP) is 3.19. The molecule has 0 radical (unpaired) electrons. The summed E-state index contributed by atoms with van der Waals surface area (Å²) in [6.07, 6.45) is 2.77. The van der Waals surface area contributed by atoms with Gasteiger partial charge in [-0.15, -0.1) is 0 Å². The zero-order chi connectivity index (χ0) is 20.2. The minimum atomic E-state index is -0.146. The minimum Gasteiger partial charge on any atom is -0.508 e. The molecule has 148 valence electrons. The molecule has 1 fully saturated rings. The van der Waals surface area contributed by atoms with Crippen molar-refractivity contribution in [2.75, 3.05) is 31.1 Å². The summed E-state index contributed by atoms with van der Waals surface area (Å²) in [7, 11) is 0. The van der Waals surface area contributed by atoms with E-state index in [1.54, 1.807) is 30.5 Å². The van der Waals surface area contributed by atoms with Crippen LogP contribution in [0.4, 0.5) is 5.82 Å². The number of rotatable bonds is 4. The lowest BCUT2D eigenvalue weighted by atomic mass is 10.0. The van der Waals surface area contributed by atoms with Gasteiger partial charge in [0, 0.05) is 42.7 Å². The molecule has 0 aliphatic carbocycles. The molecule has 2 aromatic heterocycles. The molecule has 0 bridgehead atoms. The number of carbonyl (C=O) groups is 1. The molecule has 3 heterocycles. The highest BCUT2D eigenvalue weighted by Crippen LogP contribution is 2.25. The fourth-order valence-corrected chi connectivity index (χ4v) is 3.54. The summed E-state index contributed by atoms with van der Waals surface area (Å²) in [5.41, 5.74) is 3.19. The maximum absolute atomic E-state index is 13.2. The number of phenols is 1. The number of hydrogen-bond acceptors (Lipinski definition) is 6. The highest BCUT2D eigenvalue weighted by Gasteiger charge is 2.18. The van der Waals surface area contributed by atoms with E-state index in [2.05, 4.69) is 20.2 Å². The van der Waals surface area contributed by atoms with Gasteiger partial charge in [0.15, 0.2) is 0 Å². The van der Waals surface area contributed by atoms with Crippen LogP contribution in [0.2, 0.25) is 0 Å². The third kappa shape index (κ3) is 4.27. The van der Waals surface area contributed by atoms with Gasteiger partial charge in [-0.25, -0.2) is 4.98 Å². The normalized spacial score (nSPS) is 14.4. The second kappa shape index (κ2) is 8.41. The first kappa shape index (κ1) is 19.1. The van der Waals surface area contributed by atoms with E-state index < -0.39 is 0 Å². The van der Waals surface area contributed by atoms with Gasteiger partial charge in [0.05, 0.1) is 0 Å². The number of ketones is 1. The molecule has 0 saturated carbocycles.